The van der Waals surface area contributed by atoms with Crippen molar-refractivity contribution in [1.82, 2.24) is 4.90 Å². The van der Waals surface area contributed by atoms with Crippen molar-refractivity contribution >= 4 is 5.91 Å². The Bertz CT molecular complexity index is 451. The molecule has 1 rings (SSSR count). The van der Waals surface area contributed by atoms with Gasteiger partial charge in [0.15, 0.2) is 0 Å². The first-order valence-electron chi connectivity index (χ1n) is 6.08. The van der Waals surface area contributed by atoms with E-state index in [0.717, 1.165) is 12.0 Å². The quantitative estimate of drug-likeness (QED) is 0.857. The van der Waals surface area contributed by atoms with Crippen molar-refractivity contribution in [2.24, 2.45) is 5.73 Å². The summed E-state index contributed by atoms with van der Waals surface area (Å²) in [6.07, 6.45) is 1.59. The Kier molecular flexibility index (Phi) is 5.34. The molecule has 96 valence electrons. The summed E-state index contributed by atoms with van der Waals surface area (Å²) < 4.78 is 0. The molecular formula is C14H19N3O. The third kappa shape index (κ3) is 3.86. The maximum atomic E-state index is 11.9. The van der Waals surface area contributed by atoms with Gasteiger partial charge in [-0.3, -0.25) is 4.79 Å². The Morgan fingerprint density at radius 3 is 2.89 bits per heavy atom. The number of amides is 1. The number of hydrogen-bond acceptors (Lipinski definition) is 3. The van der Waals surface area contributed by atoms with Crippen molar-refractivity contribution in [2.45, 2.75) is 32.4 Å². The highest BCUT2D eigenvalue weighted by atomic mass is 16.2. The number of carbonyl (C=O) groups excluding carboxylic acids is 1. The normalized spacial score (nSPS) is 11.7. The van der Waals surface area contributed by atoms with Gasteiger partial charge in [-0.1, -0.05) is 25.5 Å². The van der Waals surface area contributed by atoms with Crippen molar-refractivity contribution < 1.29 is 4.79 Å². The van der Waals surface area contributed by atoms with Crippen LogP contribution >= 0.6 is 0 Å². The lowest BCUT2D eigenvalue weighted by Gasteiger charge is -2.21. The van der Waals surface area contributed by atoms with Crippen LogP contribution in [0.1, 0.15) is 30.9 Å². The summed E-state index contributed by atoms with van der Waals surface area (Å²) in [5.74, 6) is -0.0563. The van der Waals surface area contributed by atoms with E-state index in [-0.39, 0.29) is 5.91 Å². The van der Waals surface area contributed by atoms with Gasteiger partial charge in [0, 0.05) is 13.6 Å². The fraction of sp³-hybridized carbons (Fsp3) is 0.429. The van der Waals surface area contributed by atoms with Crippen molar-refractivity contribution in [3.05, 3.63) is 35.4 Å². The van der Waals surface area contributed by atoms with Gasteiger partial charge >= 0.3 is 0 Å². The minimum absolute atomic E-state index is 0.0563. The highest BCUT2D eigenvalue weighted by Gasteiger charge is 2.17. The molecule has 0 heterocycles. The Labute approximate surface area is 108 Å². The molecule has 0 saturated carbocycles. The smallest absolute Gasteiger partial charge is 0.239 e. The Balaban J connectivity index is 2.66. The Hall–Kier alpha value is -1.86. The fourth-order valence-corrected chi connectivity index (χ4v) is 1.81. The minimum Gasteiger partial charge on any atom is -0.340 e. The van der Waals surface area contributed by atoms with Crippen LogP contribution in [0.4, 0.5) is 0 Å². The topological polar surface area (TPSA) is 70.1 Å². The molecule has 2 N–H and O–H groups in total. The Morgan fingerprint density at radius 1 is 1.56 bits per heavy atom. The average molecular weight is 245 g/mol. The summed E-state index contributed by atoms with van der Waals surface area (Å²) in [5, 5.41) is 8.81. The lowest BCUT2D eigenvalue weighted by atomic mass is 10.1. The van der Waals surface area contributed by atoms with Gasteiger partial charge in [0.1, 0.15) is 0 Å². The van der Waals surface area contributed by atoms with Crippen molar-refractivity contribution in [1.29, 1.82) is 5.26 Å². The van der Waals surface area contributed by atoms with Gasteiger partial charge in [-0.2, -0.15) is 5.26 Å². The average Bonchev–Trinajstić information content (AvgIpc) is 2.38. The summed E-state index contributed by atoms with van der Waals surface area (Å²) in [5.41, 5.74) is 7.34. The molecule has 0 bridgehead atoms. The van der Waals surface area contributed by atoms with Crippen LogP contribution in [0.2, 0.25) is 0 Å². The first-order valence-corrected chi connectivity index (χ1v) is 6.08. The first-order chi connectivity index (χ1) is 8.58. The molecule has 18 heavy (non-hydrogen) atoms. The van der Waals surface area contributed by atoms with E-state index in [0.29, 0.717) is 18.5 Å². The molecule has 1 atom stereocenters. The van der Waals surface area contributed by atoms with Crippen LogP contribution in [0.3, 0.4) is 0 Å². The summed E-state index contributed by atoms with van der Waals surface area (Å²) in [6, 6.07) is 8.90. The predicted octanol–water partition coefficient (Wildman–Crippen LogP) is 1.64. The van der Waals surface area contributed by atoms with Gasteiger partial charge in [0.25, 0.3) is 0 Å². The van der Waals surface area contributed by atoms with Gasteiger partial charge in [-0.05, 0) is 24.1 Å². The van der Waals surface area contributed by atoms with Gasteiger partial charge < -0.3 is 10.6 Å². The molecule has 4 nitrogen and oxygen atoms in total. The summed E-state index contributed by atoms with van der Waals surface area (Å²) in [6.45, 7) is 2.48. The minimum atomic E-state index is -0.431. The summed E-state index contributed by atoms with van der Waals surface area (Å²) >= 11 is 0. The zero-order chi connectivity index (χ0) is 13.5. The van der Waals surface area contributed by atoms with E-state index in [2.05, 4.69) is 6.07 Å². The zero-order valence-corrected chi connectivity index (χ0v) is 10.9. The van der Waals surface area contributed by atoms with Gasteiger partial charge in [-0.15, -0.1) is 0 Å². The van der Waals surface area contributed by atoms with E-state index in [1.165, 1.54) is 0 Å². The second kappa shape index (κ2) is 6.77. The molecule has 0 aliphatic heterocycles. The number of nitrogens with two attached hydrogens (primary N) is 1. The lowest BCUT2D eigenvalue weighted by Crippen LogP contribution is -2.41. The number of likely N-dealkylation sites (N-methyl/N-ethyl adjacent to an activating group) is 1. The van der Waals surface area contributed by atoms with Crippen LogP contribution < -0.4 is 5.73 Å². The molecule has 1 amide bonds. The largest absolute Gasteiger partial charge is 0.340 e. The molecule has 0 radical (unpaired) electrons. The van der Waals surface area contributed by atoms with Crippen LogP contribution in [0.15, 0.2) is 24.3 Å². The van der Waals surface area contributed by atoms with Crippen LogP contribution in [-0.2, 0) is 11.3 Å². The molecular weight excluding hydrogens is 226 g/mol. The predicted molar refractivity (Wildman–Crippen MR) is 70.5 cm³/mol. The molecule has 0 saturated heterocycles. The summed E-state index contributed by atoms with van der Waals surface area (Å²) in [7, 11) is 1.73. The second-order valence-corrected chi connectivity index (χ2v) is 4.40. The van der Waals surface area contributed by atoms with E-state index in [1.807, 2.05) is 19.1 Å². The molecule has 1 aromatic carbocycles. The highest BCUT2D eigenvalue weighted by molar-refractivity contribution is 5.81. The summed E-state index contributed by atoms with van der Waals surface area (Å²) in [4.78, 5) is 13.5. The third-order valence-electron chi connectivity index (χ3n) is 2.77. The molecule has 1 aromatic rings. The van der Waals surface area contributed by atoms with Crippen LogP contribution in [0.25, 0.3) is 0 Å². The molecule has 0 unspecified atom stereocenters. The maximum absolute atomic E-state index is 11.9. The first kappa shape index (κ1) is 14.2. The SMILES string of the molecule is CCC[C@@H](N)C(=O)N(C)Cc1cccc(C#N)c1. The van der Waals surface area contributed by atoms with E-state index in [1.54, 1.807) is 24.1 Å². The van der Waals surface area contributed by atoms with Gasteiger partial charge in [0.05, 0.1) is 17.7 Å². The number of carbonyl (C=O) groups is 1. The molecule has 0 aliphatic carbocycles. The van der Waals surface area contributed by atoms with E-state index in [9.17, 15) is 4.79 Å². The standard InChI is InChI=1S/C14H19N3O/c1-3-5-13(16)14(18)17(2)10-12-7-4-6-11(8-12)9-15/h4,6-8,13H,3,5,10,16H2,1-2H3/t13-/m1/s1. The number of rotatable bonds is 5. The number of benzene rings is 1. The van der Waals surface area contributed by atoms with Crippen LogP contribution in [-0.4, -0.2) is 23.9 Å². The van der Waals surface area contributed by atoms with Crippen LogP contribution in [0, 0.1) is 11.3 Å². The highest BCUT2D eigenvalue weighted by Crippen LogP contribution is 2.08. The lowest BCUT2D eigenvalue weighted by molar-refractivity contribution is -0.131. The molecule has 0 fully saturated rings. The fourth-order valence-electron chi connectivity index (χ4n) is 1.81. The zero-order valence-electron chi connectivity index (χ0n) is 10.9. The van der Waals surface area contributed by atoms with E-state index >= 15 is 0 Å². The maximum Gasteiger partial charge on any atom is 0.239 e. The van der Waals surface area contributed by atoms with Crippen molar-refractivity contribution in [2.75, 3.05) is 7.05 Å². The van der Waals surface area contributed by atoms with Gasteiger partial charge in [-0.25, -0.2) is 0 Å². The molecule has 0 spiro atoms. The monoisotopic (exact) mass is 245 g/mol. The number of nitrogens with zero attached hydrogens (tertiary/aromatic N) is 2. The number of hydrogen-bond donors (Lipinski definition) is 1. The van der Waals surface area contributed by atoms with E-state index in [4.69, 9.17) is 11.0 Å². The third-order valence-corrected chi connectivity index (χ3v) is 2.77. The van der Waals surface area contributed by atoms with Crippen molar-refractivity contribution in [3.8, 4) is 6.07 Å². The Morgan fingerprint density at radius 2 is 2.28 bits per heavy atom. The number of nitriles is 1. The molecule has 4 heteroatoms. The molecule has 0 aliphatic rings. The van der Waals surface area contributed by atoms with Crippen molar-refractivity contribution in [3.63, 3.8) is 0 Å². The molecule has 0 aromatic heterocycles. The second-order valence-electron chi connectivity index (χ2n) is 4.40. The van der Waals surface area contributed by atoms with Crippen LogP contribution in [0.5, 0.6) is 0 Å². The van der Waals surface area contributed by atoms with E-state index < -0.39 is 6.04 Å². The van der Waals surface area contributed by atoms with Gasteiger partial charge in [0.2, 0.25) is 5.91 Å².